The van der Waals surface area contributed by atoms with E-state index in [0.29, 0.717) is 0 Å². The van der Waals surface area contributed by atoms with E-state index in [1.54, 1.807) is 0 Å². The molecular weight excluding hydrogens is 236 g/mol. The van der Waals surface area contributed by atoms with Crippen LogP contribution in [0, 0.1) is 12.8 Å². The van der Waals surface area contributed by atoms with Gasteiger partial charge in [0.15, 0.2) is 0 Å². The van der Waals surface area contributed by atoms with Crippen molar-refractivity contribution in [1.82, 2.24) is 14.9 Å². The first-order chi connectivity index (χ1) is 9.17. The fourth-order valence-corrected chi connectivity index (χ4v) is 2.47. The number of hydrogen-bond donors (Lipinski definition) is 1. The normalized spacial score (nSPS) is 15.6. The number of nitrogens with zero attached hydrogens (tertiary/aromatic N) is 3. The number of hydrogen-bond acceptors (Lipinski definition) is 4. The molecule has 106 valence electrons. The molecule has 1 aromatic rings. The van der Waals surface area contributed by atoms with Gasteiger partial charge in [-0.1, -0.05) is 13.3 Å². The Morgan fingerprint density at radius 3 is 2.79 bits per heavy atom. The van der Waals surface area contributed by atoms with Gasteiger partial charge in [-0.2, -0.15) is 0 Å². The van der Waals surface area contributed by atoms with Gasteiger partial charge < -0.3 is 5.32 Å². The molecule has 0 unspecified atom stereocenters. The minimum Gasteiger partial charge on any atom is -0.370 e. The first kappa shape index (κ1) is 14.3. The summed E-state index contributed by atoms with van der Waals surface area (Å²) in [7, 11) is 2.17. The van der Waals surface area contributed by atoms with E-state index in [1.165, 1.54) is 25.8 Å². The summed E-state index contributed by atoms with van der Waals surface area (Å²) in [5, 5.41) is 3.34. The molecule has 4 heteroatoms. The lowest BCUT2D eigenvalue weighted by molar-refractivity contribution is 0.197. The molecule has 1 saturated carbocycles. The van der Waals surface area contributed by atoms with E-state index in [9.17, 15) is 0 Å². The van der Waals surface area contributed by atoms with Crippen molar-refractivity contribution >= 4 is 5.82 Å². The van der Waals surface area contributed by atoms with Gasteiger partial charge in [-0.3, -0.25) is 4.90 Å². The molecule has 0 atom stereocenters. The van der Waals surface area contributed by atoms with Crippen LogP contribution in [-0.2, 0) is 6.54 Å². The maximum Gasteiger partial charge on any atom is 0.144 e. The lowest BCUT2D eigenvalue weighted by atomic mass is 9.85. The highest BCUT2D eigenvalue weighted by Gasteiger charge is 2.19. The number of rotatable bonds is 7. The summed E-state index contributed by atoms with van der Waals surface area (Å²) in [6, 6.07) is 2.02. The van der Waals surface area contributed by atoms with Gasteiger partial charge in [0.25, 0.3) is 0 Å². The molecule has 0 saturated heterocycles. The summed E-state index contributed by atoms with van der Waals surface area (Å²) in [4.78, 5) is 11.5. The highest BCUT2D eigenvalue weighted by molar-refractivity contribution is 5.35. The largest absolute Gasteiger partial charge is 0.370 e. The average molecular weight is 262 g/mol. The first-order valence-corrected chi connectivity index (χ1v) is 7.44. The number of nitrogens with one attached hydrogen (secondary N) is 1. The summed E-state index contributed by atoms with van der Waals surface area (Å²) in [5.41, 5.74) is 1.04. The SMILES string of the molecule is CCCNc1cc(C)nc(CN(C)CC2CCC2)n1. The molecule has 2 rings (SSSR count). The number of aromatic nitrogens is 2. The van der Waals surface area contributed by atoms with Crippen LogP contribution < -0.4 is 5.32 Å². The van der Waals surface area contributed by atoms with Gasteiger partial charge >= 0.3 is 0 Å². The molecule has 0 amide bonds. The van der Waals surface area contributed by atoms with Gasteiger partial charge in [-0.25, -0.2) is 9.97 Å². The summed E-state index contributed by atoms with van der Waals surface area (Å²) in [5.74, 6) is 2.79. The molecular formula is C15H26N4. The van der Waals surface area contributed by atoms with Gasteiger partial charge in [0.1, 0.15) is 11.6 Å². The molecule has 1 aromatic heterocycles. The van der Waals surface area contributed by atoms with Crippen LogP contribution in [-0.4, -0.2) is 35.0 Å². The van der Waals surface area contributed by atoms with E-state index >= 15 is 0 Å². The summed E-state index contributed by atoms with van der Waals surface area (Å²) >= 11 is 0. The minimum atomic E-state index is 0.846. The highest BCUT2D eigenvalue weighted by Crippen LogP contribution is 2.26. The molecule has 1 N–H and O–H groups in total. The lowest BCUT2D eigenvalue weighted by Crippen LogP contribution is -2.29. The van der Waals surface area contributed by atoms with Crippen molar-refractivity contribution in [1.29, 1.82) is 0 Å². The fourth-order valence-electron chi connectivity index (χ4n) is 2.47. The number of aryl methyl sites for hydroxylation is 1. The van der Waals surface area contributed by atoms with Crippen LogP contribution in [0.2, 0.25) is 0 Å². The van der Waals surface area contributed by atoms with Gasteiger partial charge in [0.2, 0.25) is 0 Å². The molecule has 0 aliphatic heterocycles. The topological polar surface area (TPSA) is 41.1 Å². The van der Waals surface area contributed by atoms with Crippen molar-refractivity contribution in [2.24, 2.45) is 5.92 Å². The average Bonchev–Trinajstić information content (AvgIpc) is 2.30. The van der Waals surface area contributed by atoms with E-state index in [1.807, 2.05) is 13.0 Å². The van der Waals surface area contributed by atoms with E-state index in [4.69, 9.17) is 0 Å². The molecule has 0 bridgehead atoms. The third-order valence-corrected chi connectivity index (χ3v) is 3.66. The zero-order valence-electron chi connectivity index (χ0n) is 12.4. The standard InChI is InChI=1S/C15H26N4/c1-4-8-16-14-9-12(2)17-15(18-14)11-19(3)10-13-6-5-7-13/h9,13H,4-8,10-11H2,1-3H3,(H,16,17,18). The minimum absolute atomic E-state index is 0.846. The van der Waals surface area contributed by atoms with Crippen molar-refractivity contribution in [2.75, 3.05) is 25.5 Å². The summed E-state index contributed by atoms with van der Waals surface area (Å²) in [6.45, 7) is 7.18. The first-order valence-electron chi connectivity index (χ1n) is 7.44. The third kappa shape index (κ3) is 4.46. The van der Waals surface area contributed by atoms with Crippen molar-refractivity contribution in [3.63, 3.8) is 0 Å². The summed E-state index contributed by atoms with van der Waals surface area (Å²) in [6.07, 6.45) is 5.30. The molecule has 1 aliphatic rings. The second kappa shape index (κ2) is 6.85. The number of anilines is 1. The predicted octanol–water partition coefficient (Wildman–Crippen LogP) is 2.84. The highest BCUT2D eigenvalue weighted by atomic mass is 15.1. The Balaban J connectivity index is 1.92. The molecule has 0 radical (unpaired) electrons. The van der Waals surface area contributed by atoms with E-state index < -0.39 is 0 Å². The van der Waals surface area contributed by atoms with Crippen molar-refractivity contribution in [3.8, 4) is 0 Å². The van der Waals surface area contributed by atoms with Crippen LogP contribution in [0.15, 0.2) is 6.07 Å². The van der Waals surface area contributed by atoms with Gasteiger partial charge in [0, 0.05) is 24.8 Å². The van der Waals surface area contributed by atoms with Crippen LogP contribution in [0.4, 0.5) is 5.82 Å². The maximum absolute atomic E-state index is 4.60. The van der Waals surface area contributed by atoms with Crippen LogP contribution in [0.5, 0.6) is 0 Å². The molecule has 4 nitrogen and oxygen atoms in total. The zero-order valence-corrected chi connectivity index (χ0v) is 12.4. The second-order valence-corrected chi connectivity index (χ2v) is 5.73. The van der Waals surface area contributed by atoms with Crippen LogP contribution in [0.3, 0.4) is 0 Å². The smallest absolute Gasteiger partial charge is 0.144 e. The van der Waals surface area contributed by atoms with Crippen molar-refractivity contribution in [3.05, 3.63) is 17.6 Å². The van der Waals surface area contributed by atoms with Crippen LogP contribution in [0.1, 0.15) is 44.1 Å². The maximum atomic E-state index is 4.60. The van der Waals surface area contributed by atoms with Gasteiger partial charge in [-0.15, -0.1) is 0 Å². The summed E-state index contributed by atoms with van der Waals surface area (Å²) < 4.78 is 0. The van der Waals surface area contributed by atoms with E-state index in [2.05, 4.69) is 34.2 Å². The predicted molar refractivity (Wildman–Crippen MR) is 79.2 cm³/mol. The fraction of sp³-hybridized carbons (Fsp3) is 0.733. The lowest BCUT2D eigenvalue weighted by Gasteiger charge is -2.29. The monoisotopic (exact) mass is 262 g/mol. The molecule has 19 heavy (non-hydrogen) atoms. The Kier molecular flexibility index (Phi) is 5.14. The van der Waals surface area contributed by atoms with E-state index in [0.717, 1.165) is 42.8 Å². The second-order valence-electron chi connectivity index (χ2n) is 5.73. The zero-order chi connectivity index (χ0) is 13.7. The van der Waals surface area contributed by atoms with Crippen molar-refractivity contribution < 1.29 is 0 Å². The Morgan fingerprint density at radius 2 is 2.16 bits per heavy atom. The van der Waals surface area contributed by atoms with Crippen LogP contribution >= 0.6 is 0 Å². The molecule has 1 heterocycles. The van der Waals surface area contributed by atoms with Crippen LogP contribution in [0.25, 0.3) is 0 Å². The van der Waals surface area contributed by atoms with Gasteiger partial charge in [-0.05, 0) is 39.2 Å². The quantitative estimate of drug-likeness (QED) is 0.820. The van der Waals surface area contributed by atoms with Gasteiger partial charge in [0.05, 0.1) is 6.54 Å². The van der Waals surface area contributed by atoms with E-state index in [-0.39, 0.29) is 0 Å². The Bertz CT molecular complexity index is 401. The molecule has 0 aromatic carbocycles. The Labute approximate surface area is 116 Å². The third-order valence-electron chi connectivity index (χ3n) is 3.66. The molecule has 1 fully saturated rings. The molecule has 0 spiro atoms. The Hall–Kier alpha value is -1.16. The van der Waals surface area contributed by atoms with Crippen molar-refractivity contribution in [2.45, 2.75) is 46.1 Å². The Morgan fingerprint density at radius 1 is 1.37 bits per heavy atom. The molecule has 1 aliphatic carbocycles.